The van der Waals surface area contributed by atoms with Crippen LogP contribution in [0.25, 0.3) is 11.3 Å². The summed E-state index contributed by atoms with van der Waals surface area (Å²) in [5, 5.41) is 0.733. The number of nitrogens with zero attached hydrogens (tertiary/aromatic N) is 1. The summed E-state index contributed by atoms with van der Waals surface area (Å²) < 4.78 is 5.43. The fourth-order valence-corrected chi connectivity index (χ4v) is 2.22. The van der Waals surface area contributed by atoms with Crippen LogP contribution in [-0.4, -0.2) is 17.1 Å². The topological polar surface area (TPSA) is 63.9 Å². The lowest BCUT2D eigenvalue weighted by atomic mass is 10.00. The van der Waals surface area contributed by atoms with Gasteiger partial charge in [0.05, 0.1) is 24.8 Å². The first-order valence-corrected chi connectivity index (χ1v) is 6.04. The van der Waals surface area contributed by atoms with Crippen molar-refractivity contribution in [3.05, 3.63) is 34.2 Å². The van der Waals surface area contributed by atoms with Crippen LogP contribution in [0.1, 0.15) is 16.8 Å². The number of aryl methyl sites for hydroxylation is 1. The Morgan fingerprint density at radius 1 is 1.44 bits per heavy atom. The molecule has 0 fully saturated rings. The van der Waals surface area contributed by atoms with Crippen LogP contribution >= 0.6 is 11.6 Å². The Labute approximate surface area is 111 Å². The summed E-state index contributed by atoms with van der Waals surface area (Å²) in [6.45, 7) is 4.31. The number of hydrogen-bond acceptors (Lipinski definition) is 3. The molecule has 1 aromatic carbocycles. The Bertz CT molecular complexity index is 578. The van der Waals surface area contributed by atoms with Gasteiger partial charge in [-0.3, -0.25) is 0 Å². The summed E-state index contributed by atoms with van der Waals surface area (Å²) in [6, 6.07) is 1.92. The fourth-order valence-electron chi connectivity index (χ4n) is 2.07. The molecule has 0 aliphatic carbocycles. The SMILES string of the molecule is COc1cc(C)c(Cl)c(C)c1-c1nc[nH]c1CN. The molecule has 0 radical (unpaired) electrons. The number of aromatic nitrogens is 2. The van der Waals surface area contributed by atoms with E-state index in [0.717, 1.165) is 38.9 Å². The van der Waals surface area contributed by atoms with E-state index in [1.54, 1.807) is 13.4 Å². The Kier molecular flexibility index (Phi) is 3.59. The molecule has 96 valence electrons. The maximum atomic E-state index is 6.30. The fraction of sp³-hybridized carbons (Fsp3) is 0.308. The van der Waals surface area contributed by atoms with Gasteiger partial charge in [0.15, 0.2) is 0 Å². The molecule has 18 heavy (non-hydrogen) atoms. The van der Waals surface area contributed by atoms with Gasteiger partial charge >= 0.3 is 0 Å². The molecule has 0 aliphatic heterocycles. The van der Waals surface area contributed by atoms with Gasteiger partial charge < -0.3 is 15.5 Å². The summed E-state index contributed by atoms with van der Waals surface area (Å²) >= 11 is 6.30. The lowest BCUT2D eigenvalue weighted by molar-refractivity contribution is 0.415. The minimum Gasteiger partial charge on any atom is -0.496 e. The first-order chi connectivity index (χ1) is 8.60. The third-order valence-electron chi connectivity index (χ3n) is 3.02. The highest BCUT2D eigenvalue weighted by atomic mass is 35.5. The van der Waals surface area contributed by atoms with Gasteiger partial charge in [-0.1, -0.05) is 11.6 Å². The largest absolute Gasteiger partial charge is 0.496 e. The van der Waals surface area contributed by atoms with Crippen LogP contribution in [-0.2, 0) is 6.54 Å². The molecule has 0 saturated carbocycles. The molecule has 0 saturated heterocycles. The molecule has 2 rings (SSSR count). The van der Waals surface area contributed by atoms with Crippen molar-refractivity contribution in [2.45, 2.75) is 20.4 Å². The lowest BCUT2D eigenvalue weighted by Gasteiger charge is -2.14. The van der Waals surface area contributed by atoms with E-state index in [1.165, 1.54) is 0 Å². The van der Waals surface area contributed by atoms with Crippen LogP contribution in [0.3, 0.4) is 0 Å². The summed E-state index contributed by atoms with van der Waals surface area (Å²) in [4.78, 5) is 7.36. The number of aromatic amines is 1. The number of methoxy groups -OCH3 is 1. The molecule has 0 aliphatic rings. The molecule has 3 N–H and O–H groups in total. The van der Waals surface area contributed by atoms with Crippen LogP contribution in [0.15, 0.2) is 12.4 Å². The van der Waals surface area contributed by atoms with Crippen LogP contribution in [0.5, 0.6) is 5.75 Å². The molecule has 0 bridgehead atoms. The van der Waals surface area contributed by atoms with Gasteiger partial charge in [-0.15, -0.1) is 0 Å². The molecule has 1 aromatic heterocycles. The number of benzene rings is 1. The molecule has 0 unspecified atom stereocenters. The van der Waals surface area contributed by atoms with Crippen molar-refractivity contribution in [2.24, 2.45) is 5.73 Å². The number of H-pyrrole nitrogens is 1. The average molecular weight is 266 g/mol. The smallest absolute Gasteiger partial charge is 0.128 e. The molecule has 2 aromatic rings. The van der Waals surface area contributed by atoms with Gasteiger partial charge in [0.2, 0.25) is 0 Å². The first kappa shape index (κ1) is 12.9. The highest BCUT2D eigenvalue weighted by molar-refractivity contribution is 6.32. The minimum absolute atomic E-state index is 0.392. The zero-order valence-corrected chi connectivity index (χ0v) is 11.4. The number of halogens is 1. The van der Waals surface area contributed by atoms with E-state index >= 15 is 0 Å². The van der Waals surface area contributed by atoms with Crippen LogP contribution < -0.4 is 10.5 Å². The highest BCUT2D eigenvalue weighted by Crippen LogP contribution is 2.39. The maximum Gasteiger partial charge on any atom is 0.128 e. The molecular weight excluding hydrogens is 250 g/mol. The van der Waals surface area contributed by atoms with E-state index in [1.807, 2.05) is 19.9 Å². The van der Waals surface area contributed by atoms with Gasteiger partial charge in [-0.2, -0.15) is 0 Å². The van der Waals surface area contributed by atoms with Gasteiger partial charge in [0.25, 0.3) is 0 Å². The first-order valence-electron chi connectivity index (χ1n) is 5.66. The second-order valence-electron chi connectivity index (χ2n) is 4.14. The normalized spacial score (nSPS) is 10.7. The number of nitrogens with two attached hydrogens (primary N) is 1. The van der Waals surface area contributed by atoms with E-state index in [9.17, 15) is 0 Å². The number of nitrogens with one attached hydrogen (secondary N) is 1. The van der Waals surface area contributed by atoms with Crippen molar-refractivity contribution in [2.75, 3.05) is 7.11 Å². The Morgan fingerprint density at radius 2 is 2.17 bits per heavy atom. The quantitative estimate of drug-likeness (QED) is 0.897. The number of rotatable bonds is 3. The second-order valence-corrected chi connectivity index (χ2v) is 4.52. The van der Waals surface area contributed by atoms with E-state index in [4.69, 9.17) is 22.1 Å². The van der Waals surface area contributed by atoms with Crippen LogP contribution in [0, 0.1) is 13.8 Å². The van der Waals surface area contributed by atoms with E-state index < -0.39 is 0 Å². The summed E-state index contributed by atoms with van der Waals surface area (Å²) in [5.41, 5.74) is 10.2. The van der Waals surface area contributed by atoms with E-state index in [-0.39, 0.29) is 0 Å². The summed E-state index contributed by atoms with van der Waals surface area (Å²) in [6.07, 6.45) is 1.63. The van der Waals surface area contributed by atoms with E-state index in [0.29, 0.717) is 6.54 Å². The Morgan fingerprint density at radius 3 is 2.78 bits per heavy atom. The van der Waals surface area contributed by atoms with Gasteiger partial charge in [0, 0.05) is 17.1 Å². The third kappa shape index (κ3) is 1.98. The van der Waals surface area contributed by atoms with Gasteiger partial charge in [-0.25, -0.2) is 4.98 Å². The van der Waals surface area contributed by atoms with Gasteiger partial charge in [0.1, 0.15) is 5.75 Å². The zero-order valence-electron chi connectivity index (χ0n) is 10.7. The summed E-state index contributed by atoms with van der Waals surface area (Å²) in [7, 11) is 1.64. The Balaban J connectivity index is 2.74. The minimum atomic E-state index is 0.392. The maximum absolute atomic E-state index is 6.30. The monoisotopic (exact) mass is 265 g/mol. The van der Waals surface area contributed by atoms with Crippen LogP contribution in [0.2, 0.25) is 5.02 Å². The predicted octanol–water partition coefficient (Wildman–Crippen LogP) is 2.81. The molecule has 0 amide bonds. The molecule has 0 atom stereocenters. The third-order valence-corrected chi connectivity index (χ3v) is 3.61. The van der Waals surface area contributed by atoms with Crippen molar-refractivity contribution >= 4 is 11.6 Å². The Hall–Kier alpha value is -1.52. The molecule has 5 heteroatoms. The predicted molar refractivity (Wildman–Crippen MR) is 73.0 cm³/mol. The van der Waals surface area contributed by atoms with Crippen molar-refractivity contribution in [3.63, 3.8) is 0 Å². The average Bonchev–Trinajstić information content (AvgIpc) is 2.83. The number of hydrogen-bond donors (Lipinski definition) is 2. The lowest BCUT2D eigenvalue weighted by Crippen LogP contribution is -2.01. The van der Waals surface area contributed by atoms with Crippen LogP contribution in [0.4, 0.5) is 0 Å². The number of imidazole rings is 1. The molecule has 4 nitrogen and oxygen atoms in total. The van der Waals surface area contributed by atoms with Crippen molar-refractivity contribution in [3.8, 4) is 17.0 Å². The van der Waals surface area contributed by atoms with Crippen molar-refractivity contribution < 1.29 is 4.74 Å². The molecular formula is C13H16ClN3O. The van der Waals surface area contributed by atoms with E-state index in [2.05, 4.69) is 9.97 Å². The zero-order chi connectivity index (χ0) is 13.3. The second kappa shape index (κ2) is 5.00. The standard InChI is InChI=1S/C13H16ClN3O/c1-7-4-10(18-3)11(8(2)12(7)14)13-9(5-15)16-6-17-13/h4,6H,5,15H2,1-3H3,(H,16,17). The van der Waals surface area contributed by atoms with Gasteiger partial charge in [-0.05, 0) is 31.0 Å². The molecule has 0 spiro atoms. The summed E-state index contributed by atoms with van der Waals surface area (Å²) in [5.74, 6) is 0.760. The number of ether oxygens (including phenoxy) is 1. The molecule has 1 heterocycles. The highest BCUT2D eigenvalue weighted by Gasteiger charge is 2.18. The van der Waals surface area contributed by atoms with Crippen molar-refractivity contribution in [1.29, 1.82) is 0 Å². The van der Waals surface area contributed by atoms with Crippen molar-refractivity contribution in [1.82, 2.24) is 9.97 Å².